The number of aromatic nitrogens is 1. The van der Waals surface area contributed by atoms with Crippen molar-refractivity contribution in [3.05, 3.63) is 35.0 Å². The van der Waals surface area contributed by atoms with E-state index in [2.05, 4.69) is 10.3 Å². The number of aromatic amines is 1. The highest BCUT2D eigenvalue weighted by atomic mass is 16.5. The summed E-state index contributed by atoms with van der Waals surface area (Å²) < 4.78 is 4.85. The van der Waals surface area contributed by atoms with Gasteiger partial charge in [0.2, 0.25) is 11.8 Å². The Morgan fingerprint density at radius 1 is 1.12 bits per heavy atom. The minimum absolute atomic E-state index is 0.0443. The third-order valence-corrected chi connectivity index (χ3v) is 8.67. The molecule has 4 saturated carbocycles. The first-order chi connectivity index (χ1) is 15.9. The molecule has 7 heteroatoms. The second-order valence-corrected chi connectivity index (χ2v) is 10.8. The zero-order valence-electron chi connectivity index (χ0n) is 19.1. The number of amides is 2. The fourth-order valence-corrected chi connectivity index (χ4v) is 7.52. The Balaban J connectivity index is 1.14. The van der Waals surface area contributed by atoms with E-state index >= 15 is 0 Å². The van der Waals surface area contributed by atoms with Crippen LogP contribution in [0.4, 0.5) is 0 Å². The minimum Gasteiger partial charge on any atom is -0.465 e. The van der Waals surface area contributed by atoms with Crippen LogP contribution in [0, 0.1) is 23.2 Å². The second kappa shape index (κ2) is 7.61. The summed E-state index contributed by atoms with van der Waals surface area (Å²) in [7, 11) is 1.37. The SMILES string of the molecule is COC(=O)c1ccc2[nH]c3c(c2c1)CN(C(=O)CNC(=O)C12CC4CC(CC(C4)C1)C2)CC3. The van der Waals surface area contributed by atoms with E-state index in [1.54, 1.807) is 6.07 Å². The summed E-state index contributed by atoms with van der Waals surface area (Å²) in [6.07, 6.45) is 7.63. The molecule has 174 valence electrons. The molecule has 5 aliphatic rings. The van der Waals surface area contributed by atoms with Crippen LogP contribution in [0.2, 0.25) is 0 Å². The lowest BCUT2D eigenvalue weighted by molar-refractivity contribution is -0.148. The van der Waals surface area contributed by atoms with E-state index in [0.29, 0.717) is 36.4 Å². The number of carbonyl (C=O) groups excluding carboxylic acids is 3. The van der Waals surface area contributed by atoms with Crippen molar-refractivity contribution in [2.75, 3.05) is 20.2 Å². The molecule has 0 spiro atoms. The van der Waals surface area contributed by atoms with Crippen molar-refractivity contribution in [3.63, 3.8) is 0 Å². The Morgan fingerprint density at radius 2 is 1.82 bits per heavy atom. The number of rotatable bonds is 4. The van der Waals surface area contributed by atoms with Gasteiger partial charge in [0.15, 0.2) is 0 Å². The van der Waals surface area contributed by atoms with Crippen molar-refractivity contribution in [2.24, 2.45) is 23.2 Å². The van der Waals surface area contributed by atoms with Crippen molar-refractivity contribution < 1.29 is 19.1 Å². The molecule has 7 nitrogen and oxygen atoms in total. The van der Waals surface area contributed by atoms with Crippen LogP contribution >= 0.6 is 0 Å². The number of methoxy groups -OCH3 is 1. The van der Waals surface area contributed by atoms with Crippen molar-refractivity contribution in [2.45, 2.75) is 51.5 Å². The van der Waals surface area contributed by atoms with Gasteiger partial charge in [-0.25, -0.2) is 4.79 Å². The van der Waals surface area contributed by atoms with Crippen LogP contribution in [0.15, 0.2) is 18.2 Å². The van der Waals surface area contributed by atoms with Crippen molar-refractivity contribution in [3.8, 4) is 0 Å². The molecule has 4 fully saturated rings. The number of hydrogen-bond acceptors (Lipinski definition) is 4. The third kappa shape index (κ3) is 3.44. The topological polar surface area (TPSA) is 91.5 Å². The first-order valence-corrected chi connectivity index (χ1v) is 12.2. The average Bonchev–Trinajstić information content (AvgIpc) is 3.18. The fraction of sp³-hybridized carbons (Fsp3) is 0.577. The summed E-state index contributed by atoms with van der Waals surface area (Å²) in [4.78, 5) is 43.5. The first-order valence-electron chi connectivity index (χ1n) is 12.2. The minimum atomic E-state index is -0.372. The van der Waals surface area contributed by atoms with Gasteiger partial charge in [-0.2, -0.15) is 0 Å². The van der Waals surface area contributed by atoms with Gasteiger partial charge in [0.05, 0.1) is 19.2 Å². The molecule has 2 heterocycles. The molecule has 7 rings (SSSR count). The van der Waals surface area contributed by atoms with Crippen LogP contribution in [-0.2, 0) is 27.3 Å². The molecule has 2 amide bonds. The second-order valence-electron chi connectivity index (χ2n) is 10.8. The first kappa shape index (κ1) is 20.8. The van der Waals surface area contributed by atoms with Crippen LogP contribution in [0.1, 0.15) is 60.1 Å². The van der Waals surface area contributed by atoms with E-state index in [1.807, 2.05) is 17.0 Å². The van der Waals surface area contributed by atoms with E-state index in [0.717, 1.165) is 47.8 Å². The molecule has 2 aromatic rings. The highest BCUT2D eigenvalue weighted by Crippen LogP contribution is 2.60. The van der Waals surface area contributed by atoms with Gasteiger partial charge in [-0.15, -0.1) is 0 Å². The molecule has 4 bridgehead atoms. The molecule has 4 aliphatic carbocycles. The molecule has 0 saturated heterocycles. The lowest BCUT2D eigenvalue weighted by Crippen LogP contribution is -2.55. The third-order valence-electron chi connectivity index (χ3n) is 8.67. The Bertz CT molecular complexity index is 1110. The Kier molecular flexibility index (Phi) is 4.78. The molecule has 33 heavy (non-hydrogen) atoms. The van der Waals surface area contributed by atoms with E-state index in [9.17, 15) is 14.4 Å². The summed E-state index contributed by atoms with van der Waals surface area (Å²) in [5.74, 6) is 1.79. The van der Waals surface area contributed by atoms with Crippen molar-refractivity contribution in [1.82, 2.24) is 15.2 Å². The standard InChI is InChI=1S/C26H31N3O4/c1-33-24(31)18-2-3-21-19(9-18)20-14-29(5-4-22(20)28-21)23(30)13-27-25(32)26-10-15-6-16(11-26)8-17(7-15)12-26/h2-3,9,15-17,28H,4-8,10-14H2,1H3,(H,27,32). The number of ether oxygens (including phenoxy) is 1. The maximum Gasteiger partial charge on any atom is 0.337 e. The summed E-state index contributed by atoms with van der Waals surface area (Å²) in [6.45, 7) is 1.16. The van der Waals surface area contributed by atoms with Gasteiger partial charge < -0.3 is 19.9 Å². The summed E-state index contributed by atoms with van der Waals surface area (Å²) in [6, 6.07) is 5.47. The van der Waals surface area contributed by atoms with Gasteiger partial charge in [-0.1, -0.05) is 0 Å². The zero-order valence-corrected chi connectivity index (χ0v) is 19.1. The maximum absolute atomic E-state index is 13.2. The lowest BCUT2D eigenvalue weighted by Gasteiger charge is -2.55. The molecular weight excluding hydrogens is 418 g/mol. The molecule has 0 unspecified atom stereocenters. The zero-order chi connectivity index (χ0) is 22.7. The number of carbonyl (C=O) groups is 3. The van der Waals surface area contributed by atoms with Gasteiger partial charge >= 0.3 is 5.97 Å². The van der Waals surface area contributed by atoms with Gasteiger partial charge in [0.1, 0.15) is 0 Å². The quantitative estimate of drug-likeness (QED) is 0.702. The van der Waals surface area contributed by atoms with Crippen LogP contribution in [-0.4, -0.2) is 47.9 Å². The van der Waals surface area contributed by atoms with E-state index < -0.39 is 0 Å². The monoisotopic (exact) mass is 449 g/mol. The molecule has 0 atom stereocenters. The predicted octanol–water partition coefficient (Wildman–Crippen LogP) is 3.17. The summed E-state index contributed by atoms with van der Waals surface area (Å²) >= 11 is 0. The molecule has 0 radical (unpaired) electrons. The van der Waals surface area contributed by atoms with E-state index in [1.165, 1.54) is 26.4 Å². The molecule has 1 aromatic heterocycles. The van der Waals surface area contributed by atoms with Gasteiger partial charge in [-0.3, -0.25) is 9.59 Å². The lowest BCUT2D eigenvalue weighted by atomic mass is 9.49. The Hall–Kier alpha value is -2.83. The Labute approximate surface area is 193 Å². The van der Waals surface area contributed by atoms with Crippen LogP contribution in [0.3, 0.4) is 0 Å². The molecule has 2 N–H and O–H groups in total. The van der Waals surface area contributed by atoms with Crippen LogP contribution in [0.5, 0.6) is 0 Å². The van der Waals surface area contributed by atoms with Gasteiger partial charge in [0, 0.05) is 47.1 Å². The molecule has 1 aliphatic heterocycles. The normalized spacial score (nSPS) is 29.7. The van der Waals surface area contributed by atoms with Crippen molar-refractivity contribution >= 4 is 28.7 Å². The molecule has 1 aromatic carbocycles. The predicted molar refractivity (Wildman–Crippen MR) is 122 cm³/mol. The Morgan fingerprint density at radius 3 is 2.48 bits per heavy atom. The highest BCUT2D eigenvalue weighted by Gasteiger charge is 2.54. The summed E-state index contributed by atoms with van der Waals surface area (Å²) in [5, 5.41) is 3.97. The smallest absolute Gasteiger partial charge is 0.337 e. The van der Waals surface area contributed by atoms with Gasteiger partial charge in [-0.05, 0) is 74.5 Å². The average molecular weight is 450 g/mol. The van der Waals surface area contributed by atoms with E-state index in [4.69, 9.17) is 4.74 Å². The fourth-order valence-electron chi connectivity index (χ4n) is 7.52. The summed E-state index contributed by atoms with van der Waals surface area (Å²) in [5.41, 5.74) is 3.37. The highest BCUT2D eigenvalue weighted by molar-refractivity contribution is 5.96. The van der Waals surface area contributed by atoms with E-state index in [-0.39, 0.29) is 29.7 Å². The van der Waals surface area contributed by atoms with Gasteiger partial charge in [0.25, 0.3) is 0 Å². The largest absolute Gasteiger partial charge is 0.465 e. The number of fused-ring (bicyclic) bond motifs is 3. The number of benzene rings is 1. The van der Waals surface area contributed by atoms with Crippen molar-refractivity contribution in [1.29, 1.82) is 0 Å². The maximum atomic E-state index is 13.2. The van der Waals surface area contributed by atoms with Crippen LogP contribution < -0.4 is 5.32 Å². The number of nitrogens with zero attached hydrogens (tertiary/aromatic N) is 1. The number of hydrogen-bond donors (Lipinski definition) is 2. The van der Waals surface area contributed by atoms with Crippen LogP contribution in [0.25, 0.3) is 10.9 Å². The number of H-pyrrole nitrogens is 1. The number of esters is 1. The number of nitrogens with one attached hydrogen (secondary N) is 2. The molecular formula is C26H31N3O4.